The average molecular weight is 439 g/mol. The first-order chi connectivity index (χ1) is 12.5. The van der Waals surface area contributed by atoms with E-state index in [2.05, 4.69) is 15.9 Å². The first kappa shape index (κ1) is 19.2. The second-order valence-corrected chi connectivity index (χ2v) is 7.66. The van der Waals surface area contributed by atoms with Crippen molar-refractivity contribution in [3.05, 3.63) is 63.1 Å². The number of carbonyl (C=O) groups is 1. The molecule has 26 heavy (non-hydrogen) atoms. The van der Waals surface area contributed by atoms with Crippen LogP contribution in [0.3, 0.4) is 0 Å². The van der Waals surface area contributed by atoms with E-state index >= 15 is 0 Å². The van der Waals surface area contributed by atoms with Crippen molar-refractivity contribution in [2.24, 2.45) is 0 Å². The van der Waals surface area contributed by atoms with Crippen molar-refractivity contribution in [3.63, 3.8) is 0 Å². The van der Waals surface area contributed by atoms with Crippen molar-refractivity contribution in [3.8, 4) is 5.75 Å². The Labute approximate surface area is 166 Å². The van der Waals surface area contributed by atoms with E-state index in [-0.39, 0.29) is 6.04 Å². The Balaban J connectivity index is 2.15. The summed E-state index contributed by atoms with van der Waals surface area (Å²) < 4.78 is 6.79. The third-order valence-corrected chi connectivity index (χ3v) is 5.37. The molecule has 1 fully saturated rings. The molecular weight excluding hydrogens is 418 g/mol. The van der Waals surface area contributed by atoms with Crippen LogP contribution in [0.25, 0.3) is 0 Å². The molecule has 1 aliphatic heterocycles. The maximum absolute atomic E-state index is 11.8. The molecule has 0 radical (unpaired) electrons. The van der Waals surface area contributed by atoms with E-state index in [0.717, 1.165) is 27.8 Å². The summed E-state index contributed by atoms with van der Waals surface area (Å²) in [5.74, 6) is -0.0552. The van der Waals surface area contributed by atoms with Crippen LogP contribution in [0, 0.1) is 0 Å². The zero-order chi connectivity index (χ0) is 18.7. The SMILES string of the molecule is CCOc1ccc(Cl)cc1C(c1cccc(Br)c1)N1CCCC1C(=O)O. The van der Waals surface area contributed by atoms with Gasteiger partial charge in [0.25, 0.3) is 0 Å². The van der Waals surface area contributed by atoms with Crippen molar-refractivity contribution in [1.82, 2.24) is 4.90 Å². The maximum Gasteiger partial charge on any atom is 0.320 e. The van der Waals surface area contributed by atoms with Gasteiger partial charge in [0.15, 0.2) is 0 Å². The molecule has 6 heteroatoms. The fraction of sp³-hybridized carbons (Fsp3) is 0.350. The highest BCUT2D eigenvalue weighted by molar-refractivity contribution is 9.10. The summed E-state index contributed by atoms with van der Waals surface area (Å²) in [7, 11) is 0. The van der Waals surface area contributed by atoms with Crippen LogP contribution in [0.15, 0.2) is 46.9 Å². The van der Waals surface area contributed by atoms with E-state index in [1.807, 2.05) is 48.2 Å². The number of likely N-dealkylation sites (tertiary alicyclic amines) is 1. The van der Waals surface area contributed by atoms with E-state index in [1.54, 1.807) is 6.07 Å². The highest BCUT2D eigenvalue weighted by Crippen LogP contribution is 2.40. The Kier molecular flexibility index (Phi) is 6.22. The van der Waals surface area contributed by atoms with Gasteiger partial charge in [-0.1, -0.05) is 39.7 Å². The van der Waals surface area contributed by atoms with Crippen LogP contribution in [0.4, 0.5) is 0 Å². The van der Waals surface area contributed by atoms with Crippen LogP contribution in [0.5, 0.6) is 5.75 Å². The van der Waals surface area contributed by atoms with Crippen molar-refractivity contribution < 1.29 is 14.6 Å². The van der Waals surface area contributed by atoms with Crippen LogP contribution in [-0.4, -0.2) is 35.2 Å². The van der Waals surface area contributed by atoms with E-state index in [9.17, 15) is 9.90 Å². The molecule has 2 aromatic carbocycles. The highest BCUT2D eigenvalue weighted by atomic mass is 79.9. The summed E-state index contributed by atoms with van der Waals surface area (Å²) in [6.45, 7) is 3.18. The zero-order valence-electron chi connectivity index (χ0n) is 14.5. The van der Waals surface area contributed by atoms with Crippen LogP contribution in [-0.2, 0) is 4.79 Å². The Morgan fingerprint density at radius 2 is 2.19 bits per heavy atom. The molecule has 1 aliphatic rings. The second-order valence-electron chi connectivity index (χ2n) is 6.31. The largest absolute Gasteiger partial charge is 0.494 e. The molecule has 1 heterocycles. The van der Waals surface area contributed by atoms with Gasteiger partial charge in [-0.25, -0.2) is 0 Å². The predicted octanol–water partition coefficient (Wildman–Crippen LogP) is 5.14. The minimum Gasteiger partial charge on any atom is -0.494 e. The van der Waals surface area contributed by atoms with Gasteiger partial charge in [-0.2, -0.15) is 0 Å². The molecule has 2 unspecified atom stereocenters. The van der Waals surface area contributed by atoms with Crippen molar-refractivity contribution in [2.45, 2.75) is 31.8 Å². The lowest BCUT2D eigenvalue weighted by Gasteiger charge is -2.33. The molecular formula is C20H21BrClNO3. The number of halogens is 2. The summed E-state index contributed by atoms with van der Waals surface area (Å²) in [6, 6.07) is 12.7. The summed E-state index contributed by atoms with van der Waals surface area (Å²) >= 11 is 9.81. The summed E-state index contributed by atoms with van der Waals surface area (Å²) in [5, 5.41) is 10.3. The molecule has 2 atom stereocenters. The number of hydrogen-bond donors (Lipinski definition) is 1. The molecule has 0 aliphatic carbocycles. The molecule has 0 saturated carbocycles. The summed E-state index contributed by atoms with van der Waals surface area (Å²) in [6.07, 6.45) is 1.50. The minimum atomic E-state index is -0.789. The van der Waals surface area contributed by atoms with Crippen LogP contribution >= 0.6 is 27.5 Å². The third-order valence-electron chi connectivity index (χ3n) is 4.64. The molecule has 1 N–H and O–H groups in total. The fourth-order valence-corrected chi connectivity index (χ4v) is 4.21. The molecule has 0 bridgehead atoms. The second kappa shape index (κ2) is 8.42. The quantitative estimate of drug-likeness (QED) is 0.678. The van der Waals surface area contributed by atoms with Gasteiger partial charge >= 0.3 is 5.97 Å². The zero-order valence-corrected chi connectivity index (χ0v) is 16.8. The molecule has 0 aromatic heterocycles. The molecule has 1 saturated heterocycles. The lowest BCUT2D eigenvalue weighted by Crippen LogP contribution is -2.39. The monoisotopic (exact) mass is 437 g/mol. The number of ether oxygens (including phenoxy) is 1. The van der Waals surface area contributed by atoms with Gasteiger partial charge in [0.2, 0.25) is 0 Å². The van der Waals surface area contributed by atoms with E-state index in [4.69, 9.17) is 16.3 Å². The average Bonchev–Trinajstić information content (AvgIpc) is 3.07. The van der Waals surface area contributed by atoms with Gasteiger partial charge < -0.3 is 9.84 Å². The summed E-state index contributed by atoms with van der Waals surface area (Å²) in [5.41, 5.74) is 1.90. The Morgan fingerprint density at radius 1 is 1.38 bits per heavy atom. The van der Waals surface area contributed by atoms with Crippen molar-refractivity contribution >= 4 is 33.5 Å². The van der Waals surface area contributed by atoms with Gasteiger partial charge in [0.1, 0.15) is 11.8 Å². The van der Waals surface area contributed by atoms with Crippen LogP contribution in [0.2, 0.25) is 5.02 Å². The Bertz CT molecular complexity index is 798. The maximum atomic E-state index is 11.8. The number of carboxylic acids is 1. The third kappa shape index (κ3) is 4.05. The normalized spacial score (nSPS) is 18.7. The number of nitrogens with zero attached hydrogens (tertiary/aromatic N) is 1. The van der Waals surface area contributed by atoms with Crippen molar-refractivity contribution in [1.29, 1.82) is 0 Å². The van der Waals surface area contributed by atoms with E-state index in [0.29, 0.717) is 24.6 Å². The van der Waals surface area contributed by atoms with Gasteiger partial charge in [-0.3, -0.25) is 9.69 Å². The standard InChI is InChI=1S/C20H21BrClNO3/c1-2-26-18-9-8-15(22)12-16(18)19(13-5-3-6-14(21)11-13)23-10-4-7-17(23)20(24)25/h3,5-6,8-9,11-12,17,19H,2,4,7,10H2,1H3,(H,24,25). The molecule has 138 valence electrons. The molecule has 3 rings (SSSR count). The first-order valence-electron chi connectivity index (χ1n) is 8.67. The number of rotatable bonds is 6. The first-order valence-corrected chi connectivity index (χ1v) is 9.84. The van der Waals surface area contributed by atoms with Crippen LogP contribution in [0.1, 0.15) is 36.9 Å². The lowest BCUT2D eigenvalue weighted by molar-refractivity contribution is -0.142. The Hall–Kier alpha value is -1.56. The molecule has 0 spiro atoms. The number of hydrogen-bond acceptors (Lipinski definition) is 3. The highest BCUT2D eigenvalue weighted by Gasteiger charge is 2.38. The topological polar surface area (TPSA) is 49.8 Å². The number of benzene rings is 2. The predicted molar refractivity (Wildman–Crippen MR) is 106 cm³/mol. The fourth-order valence-electron chi connectivity index (χ4n) is 3.61. The smallest absolute Gasteiger partial charge is 0.320 e. The van der Waals surface area contributed by atoms with Crippen molar-refractivity contribution in [2.75, 3.05) is 13.2 Å². The Morgan fingerprint density at radius 3 is 2.88 bits per heavy atom. The van der Waals surface area contributed by atoms with E-state index in [1.165, 1.54) is 0 Å². The lowest BCUT2D eigenvalue weighted by atomic mass is 9.95. The van der Waals surface area contributed by atoms with Crippen LogP contribution < -0.4 is 4.74 Å². The number of aliphatic carboxylic acids is 1. The summed E-state index contributed by atoms with van der Waals surface area (Å²) in [4.78, 5) is 13.9. The molecule has 4 nitrogen and oxygen atoms in total. The van der Waals surface area contributed by atoms with Gasteiger partial charge in [0, 0.05) is 21.6 Å². The van der Waals surface area contributed by atoms with Gasteiger partial charge in [0.05, 0.1) is 12.6 Å². The van der Waals surface area contributed by atoms with Gasteiger partial charge in [-0.15, -0.1) is 0 Å². The van der Waals surface area contributed by atoms with E-state index < -0.39 is 12.0 Å². The number of carboxylic acid groups (broad SMARTS) is 1. The molecule has 0 amide bonds. The minimum absolute atomic E-state index is 0.239. The molecule has 2 aromatic rings. The van der Waals surface area contributed by atoms with Gasteiger partial charge in [-0.05, 0) is 55.7 Å².